The highest BCUT2D eigenvalue weighted by atomic mass is 19.1. The molecule has 154 valence electrons. The minimum absolute atomic E-state index is 0.107. The van der Waals surface area contributed by atoms with Crippen LogP contribution >= 0.6 is 0 Å². The predicted molar refractivity (Wildman–Crippen MR) is 113 cm³/mol. The molecule has 0 saturated carbocycles. The average molecular weight is 415 g/mol. The largest absolute Gasteiger partial charge is 0.482 e. The van der Waals surface area contributed by atoms with Crippen LogP contribution in [0.4, 0.5) is 10.2 Å². The first-order valence-electron chi connectivity index (χ1n) is 9.42. The van der Waals surface area contributed by atoms with E-state index < -0.39 is 11.9 Å². The van der Waals surface area contributed by atoms with Gasteiger partial charge in [0, 0.05) is 41.5 Å². The van der Waals surface area contributed by atoms with E-state index in [1.807, 2.05) is 6.07 Å². The number of rotatable bonds is 1. The fourth-order valence-electron chi connectivity index (χ4n) is 3.43. The van der Waals surface area contributed by atoms with Crippen molar-refractivity contribution in [2.45, 2.75) is 19.6 Å². The normalized spacial score (nSPS) is 16.7. The third kappa shape index (κ3) is 3.79. The monoisotopic (exact) mass is 415 g/mol. The number of ether oxygens (including phenoxy) is 1. The van der Waals surface area contributed by atoms with Gasteiger partial charge in [-0.2, -0.15) is 5.26 Å². The van der Waals surface area contributed by atoms with Gasteiger partial charge in [0.2, 0.25) is 0 Å². The quantitative estimate of drug-likeness (QED) is 0.410. The Balaban J connectivity index is 1.98. The standard InChI is InChI=1S/C22H18FN7O/c1-12-17-7-15(23)2-3-16(17)21-18(27-4-5-28-21)11-29-20(14(8-24)9-25)13-6-19(31-12)22(26)30-10-13/h2-8,10,12,24,29H,11H2,1H3,(H2,26,30)/b20-14+,24-8?. The first kappa shape index (κ1) is 20.0. The van der Waals surface area contributed by atoms with Crippen molar-refractivity contribution in [2.75, 3.05) is 5.73 Å². The van der Waals surface area contributed by atoms with Gasteiger partial charge in [0.15, 0.2) is 11.6 Å². The van der Waals surface area contributed by atoms with E-state index in [0.717, 1.165) is 6.21 Å². The lowest BCUT2D eigenvalue weighted by molar-refractivity contribution is 0.227. The molecule has 2 bridgehead atoms. The van der Waals surface area contributed by atoms with Crippen molar-refractivity contribution in [3.05, 3.63) is 71.1 Å². The molecule has 31 heavy (non-hydrogen) atoms. The number of nitriles is 1. The Labute approximate surface area is 177 Å². The maximum Gasteiger partial charge on any atom is 0.166 e. The highest BCUT2D eigenvalue weighted by Gasteiger charge is 2.22. The van der Waals surface area contributed by atoms with Gasteiger partial charge in [-0.3, -0.25) is 9.97 Å². The number of nitrogens with two attached hydrogens (primary N) is 1. The number of allylic oxidation sites excluding steroid dienone is 1. The summed E-state index contributed by atoms with van der Waals surface area (Å²) in [7, 11) is 0. The van der Waals surface area contributed by atoms with Crippen LogP contribution in [0.25, 0.3) is 17.0 Å². The van der Waals surface area contributed by atoms with Crippen LogP contribution in [0.1, 0.15) is 29.8 Å². The van der Waals surface area contributed by atoms with Crippen LogP contribution in [0.2, 0.25) is 0 Å². The van der Waals surface area contributed by atoms with Crippen LogP contribution in [0, 0.1) is 22.6 Å². The molecule has 3 aromatic rings. The SMILES string of the molecule is CC1Oc2cc(cnc2N)/C(=C(\C#N)C=N)NCc2nccnc2-c2ccc(F)cc21. The Hall–Kier alpha value is -4.32. The second-order valence-corrected chi connectivity index (χ2v) is 6.85. The molecule has 4 N–H and O–H groups in total. The van der Waals surface area contributed by atoms with Gasteiger partial charge in [-0.15, -0.1) is 0 Å². The number of nitrogen functional groups attached to an aromatic ring is 1. The third-order valence-electron chi connectivity index (χ3n) is 4.92. The summed E-state index contributed by atoms with van der Waals surface area (Å²) >= 11 is 0. The van der Waals surface area contributed by atoms with Crippen LogP contribution in [0.3, 0.4) is 0 Å². The summed E-state index contributed by atoms with van der Waals surface area (Å²) < 4.78 is 20.2. The van der Waals surface area contributed by atoms with Crippen molar-refractivity contribution >= 4 is 17.7 Å². The molecule has 1 aliphatic rings. The summed E-state index contributed by atoms with van der Waals surface area (Å²) in [5, 5.41) is 20.3. The van der Waals surface area contributed by atoms with Gasteiger partial charge >= 0.3 is 0 Å². The molecule has 1 aliphatic heterocycles. The van der Waals surface area contributed by atoms with Crippen molar-refractivity contribution in [1.82, 2.24) is 20.3 Å². The number of benzene rings is 1. The maximum atomic E-state index is 14.1. The van der Waals surface area contributed by atoms with E-state index in [2.05, 4.69) is 20.3 Å². The van der Waals surface area contributed by atoms with Gasteiger partial charge in [-0.25, -0.2) is 9.37 Å². The number of fused-ring (bicyclic) bond motifs is 5. The Morgan fingerprint density at radius 1 is 1.32 bits per heavy atom. The van der Waals surface area contributed by atoms with Crippen molar-refractivity contribution < 1.29 is 9.13 Å². The molecular formula is C22H18FN7O. The van der Waals surface area contributed by atoms with Crippen molar-refractivity contribution in [3.8, 4) is 23.1 Å². The molecule has 4 rings (SSSR count). The van der Waals surface area contributed by atoms with E-state index in [0.29, 0.717) is 33.8 Å². The summed E-state index contributed by atoms with van der Waals surface area (Å²) in [5.41, 5.74) is 9.42. The van der Waals surface area contributed by atoms with E-state index in [1.54, 1.807) is 31.5 Å². The molecule has 0 spiro atoms. The van der Waals surface area contributed by atoms with Gasteiger partial charge in [0.25, 0.3) is 0 Å². The number of pyridine rings is 1. The van der Waals surface area contributed by atoms with Gasteiger partial charge in [0.1, 0.15) is 18.0 Å². The number of nitrogens with zero attached hydrogens (tertiary/aromatic N) is 4. The molecule has 1 aromatic carbocycles. The smallest absolute Gasteiger partial charge is 0.166 e. The molecule has 1 atom stereocenters. The number of aromatic nitrogens is 3. The lowest BCUT2D eigenvalue weighted by Crippen LogP contribution is -2.18. The first-order valence-corrected chi connectivity index (χ1v) is 9.42. The molecule has 8 nitrogen and oxygen atoms in total. The topological polar surface area (TPSA) is 134 Å². The highest BCUT2D eigenvalue weighted by Crippen LogP contribution is 2.35. The number of hydrogen-bond acceptors (Lipinski definition) is 8. The van der Waals surface area contributed by atoms with Crippen LogP contribution in [-0.2, 0) is 6.54 Å². The zero-order valence-electron chi connectivity index (χ0n) is 16.6. The zero-order valence-corrected chi connectivity index (χ0v) is 16.6. The van der Waals surface area contributed by atoms with E-state index in [9.17, 15) is 9.65 Å². The van der Waals surface area contributed by atoms with Gasteiger partial charge in [0.05, 0.1) is 29.2 Å². The number of anilines is 1. The Kier molecular flexibility index (Phi) is 5.28. The fourth-order valence-corrected chi connectivity index (χ4v) is 3.43. The summed E-state index contributed by atoms with van der Waals surface area (Å²) in [6.45, 7) is 1.99. The van der Waals surface area contributed by atoms with E-state index in [1.165, 1.54) is 18.3 Å². The van der Waals surface area contributed by atoms with Crippen LogP contribution in [0.5, 0.6) is 5.75 Å². The van der Waals surface area contributed by atoms with E-state index >= 15 is 0 Å². The molecule has 2 aromatic heterocycles. The predicted octanol–water partition coefficient (Wildman–Crippen LogP) is 3.39. The number of hydrogen-bond donors (Lipinski definition) is 3. The van der Waals surface area contributed by atoms with Gasteiger partial charge in [-0.1, -0.05) is 0 Å². The second-order valence-electron chi connectivity index (χ2n) is 6.85. The highest BCUT2D eigenvalue weighted by molar-refractivity contribution is 5.93. The third-order valence-corrected chi connectivity index (χ3v) is 4.92. The van der Waals surface area contributed by atoms with Crippen LogP contribution in [0.15, 0.2) is 48.4 Å². The van der Waals surface area contributed by atoms with Crippen LogP contribution in [-0.4, -0.2) is 21.2 Å². The van der Waals surface area contributed by atoms with E-state index in [4.69, 9.17) is 15.9 Å². The van der Waals surface area contributed by atoms with Gasteiger partial charge < -0.3 is 21.2 Å². The molecule has 0 saturated heterocycles. The first-order chi connectivity index (χ1) is 15.0. The summed E-state index contributed by atoms with van der Waals surface area (Å²) in [5.74, 6) is 0.0276. The lowest BCUT2D eigenvalue weighted by atomic mass is 9.98. The Morgan fingerprint density at radius 2 is 2.13 bits per heavy atom. The molecule has 3 heterocycles. The molecule has 0 amide bonds. The Morgan fingerprint density at radius 3 is 2.90 bits per heavy atom. The maximum absolute atomic E-state index is 14.1. The zero-order chi connectivity index (χ0) is 22.0. The average Bonchev–Trinajstić information content (AvgIpc) is 2.78. The molecule has 0 radical (unpaired) electrons. The minimum atomic E-state index is -0.585. The molecular weight excluding hydrogens is 397 g/mol. The summed E-state index contributed by atoms with van der Waals surface area (Å²) in [4.78, 5) is 13.1. The summed E-state index contributed by atoms with van der Waals surface area (Å²) in [6.07, 6.45) is 4.99. The fraction of sp³-hybridized carbons (Fsp3) is 0.136. The molecule has 0 fully saturated rings. The van der Waals surface area contributed by atoms with Crippen molar-refractivity contribution in [2.24, 2.45) is 0 Å². The number of nitrogens with one attached hydrogen (secondary N) is 2. The van der Waals surface area contributed by atoms with E-state index in [-0.39, 0.29) is 23.7 Å². The second kappa shape index (κ2) is 8.20. The molecule has 9 heteroatoms. The number of halogens is 1. The molecule has 0 aliphatic carbocycles. The van der Waals surface area contributed by atoms with Crippen LogP contribution < -0.4 is 15.8 Å². The van der Waals surface area contributed by atoms with Gasteiger partial charge in [-0.05, 0) is 31.2 Å². The van der Waals surface area contributed by atoms with Crippen molar-refractivity contribution in [3.63, 3.8) is 0 Å². The molecule has 1 unspecified atom stereocenters. The summed E-state index contributed by atoms with van der Waals surface area (Å²) in [6, 6.07) is 8.04. The minimum Gasteiger partial charge on any atom is -0.482 e. The lowest BCUT2D eigenvalue weighted by Gasteiger charge is -2.22. The Bertz CT molecular complexity index is 1250. The van der Waals surface area contributed by atoms with Crippen molar-refractivity contribution in [1.29, 1.82) is 10.7 Å².